The molecule has 0 radical (unpaired) electrons. The van der Waals surface area contributed by atoms with Crippen molar-refractivity contribution in [2.24, 2.45) is 0 Å². The molecule has 0 heterocycles. The smallest absolute Gasteiger partial charge is 0.303 e. The van der Waals surface area contributed by atoms with E-state index in [2.05, 4.69) is 0 Å². The number of fused-ring (bicyclic) bond motifs is 1. The maximum absolute atomic E-state index is 11.0. The van der Waals surface area contributed by atoms with E-state index in [1.807, 2.05) is 24.3 Å². The molecule has 0 saturated carbocycles. The minimum atomic E-state index is -0.590. The quantitative estimate of drug-likeness (QED) is 0.581. The van der Waals surface area contributed by atoms with E-state index in [4.69, 9.17) is 4.74 Å². The number of carbonyl (C=O) groups excluding carboxylic acids is 1. The highest BCUT2D eigenvalue weighted by Gasteiger charge is 2.28. The number of aryl methyl sites for hydroxylation is 1. The number of hydrogen-bond acceptors (Lipinski definition) is 3. The van der Waals surface area contributed by atoms with Gasteiger partial charge in [-0.15, -0.1) is 0 Å². The van der Waals surface area contributed by atoms with Crippen LogP contribution in [0.4, 0.5) is 0 Å². The minimum Gasteiger partial charge on any atom is -0.455 e. The van der Waals surface area contributed by atoms with Gasteiger partial charge >= 0.3 is 5.97 Å². The van der Waals surface area contributed by atoms with E-state index >= 15 is 0 Å². The summed E-state index contributed by atoms with van der Waals surface area (Å²) in [5.41, 5.74) is 2.12. The van der Waals surface area contributed by atoms with Gasteiger partial charge in [0.1, 0.15) is 0 Å². The molecule has 0 amide bonds. The number of carbonyl (C=O) groups is 1. The van der Waals surface area contributed by atoms with Gasteiger partial charge in [0.05, 0.1) is 6.10 Å². The summed E-state index contributed by atoms with van der Waals surface area (Å²) in [7, 11) is 0. The Balaban J connectivity index is 2.35. The third-order valence-corrected chi connectivity index (χ3v) is 2.95. The van der Waals surface area contributed by atoms with Crippen LogP contribution < -0.4 is 0 Å². The number of aliphatic hydroxyl groups excluding tert-OH is 1. The van der Waals surface area contributed by atoms with Gasteiger partial charge in [-0.05, 0) is 30.4 Å². The molecule has 1 N–H and O–H groups in total. The zero-order chi connectivity index (χ0) is 11.5. The van der Waals surface area contributed by atoms with Gasteiger partial charge in [-0.2, -0.15) is 0 Å². The van der Waals surface area contributed by atoms with E-state index in [0.717, 1.165) is 18.4 Å². The minimum absolute atomic E-state index is 0.347. The zero-order valence-electron chi connectivity index (χ0n) is 9.35. The van der Waals surface area contributed by atoms with E-state index in [0.29, 0.717) is 6.42 Å². The van der Waals surface area contributed by atoms with E-state index in [1.54, 1.807) is 0 Å². The zero-order valence-corrected chi connectivity index (χ0v) is 9.35. The van der Waals surface area contributed by atoms with E-state index < -0.39 is 12.2 Å². The van der Waals surface area contributed by atoms with Gasteiger partial charge in [0, 0.05) is 6.92 Å². The Morgan fingerprint density at radius 2 is 2.19 bits per heavy atom. The lowest BCUT2D eigenvalue weighted by atomic mass is 10.00. The first-order chi connectivity index (χ1) is 7.68. The van der Waals surface area contributed by atoms with Crippen LogP contribution in [0.3, 0.4) is 0 Å². The molecule has 0 saturated heterocycles. The summed E-state index contributed by atoms with van der Waals surface area (Å²) in [4.78, 5) is 11.0. The monoisotopic (exact) mass is 220 g/mol. The molecule has 1 aromatic rings. The molecule has 0 aliphatic heterocycles. The number of benzene rings is 1. The molecule has 0 spiro atoms. The van der Waals surface area contributed by atoms with Gasteiger partial charge in [0.2, 0.25) is 0 Å². The molecule has 16 heavy (non-hydrogen) atoms. The summed E-state index contributed by atoms with van der Waals surface area (Å²) < 4.78 is 5.22. The topological polar surface area (TPSA) is 46.5 Å². The summed E-state index contributed by atoms with van der Waals surface area (Å²) in [6, 6.07) is 7.84. The molecule has 3 nitrogen and oxygen atoms in total. The molecule has 1 aliphatic carbocycles. The van der Waals surface area contributed by atoms with Crippen molar-refractivity contribution in [2.45, 2.75) is 38.4 Å². The molecule has 0 bridgehead atoms. The number of hydrogen-bond donors (Lipinski definition) is 1. The predicted octanol–water partition coefficient (Wildman–Crippen LogP) is 1.99. The summed E-state index contributed by atoms with van der Waals surface area (Å²) in [5, 5.41) is 9.97. The lowest BCUT2D eigenvalue weighted by Gasteiger charge is -2.22. The average molecular weight is 220 g/mol. The van der Waals surface area contributed by atoms with Gasteiger partial charge in [-0.25, -0.2) is 0 Å². The third-order valence-electron chi connectivity index (χ3n) is 2.95. The maximum Gasteiger partial charge on any atom is 0.303 e. The van der Waals surface area contributed by atoms with Crippen molar-refractivity contribution in [3.8, 4) is 0 Å². The van der Waals surface area contributed by atoms with Crippen molar-refractivity contribution in [3.05, 3.63) is 35.4 Å². The molecule has 3 heteroatoms. The van der Waals surface area contributed by atoms with Gasteiger partial charge in [0.25, 0.3) is 0 Å². The van der Waals surface area contributed by atoms with Gasteiger partial charge < -0.3 is 9.84 Å². The fourth-order valence-electron chi connectivity index (χ4n) is 2.22. The molecule has 0 fully saturated rings. The average Bonchev–Trinajstić information content (AvgIpc) is 2.40. The number of aliphatic hydroxyl groups is 1. The van der Waals surface area contributed by atoms with Crippen molar-refractivity contribution in [2.75, 3.05) is 0 Å². The molecule has 2 rings (SSSR count). The molecule has 0 unspecified atom stereocenters. The molecular formula is C13H16O3. The highest BCUT2D eigenvalue weighted by Crippen LogP contribution is 2.31. The lowest BCUT2D eigenvalue weighted by molar-refractivity contribution is -0.153. The molecular weight excluding hydrogens is 204 g/mol. The van der Waals surface area contributed by atoms with Crippen LogP contribution in [0.1, 0.15) is 37.0 Å². The number of rotatable bonds is 1. The van der Waals surface area contributed by atoms with Crippen LogP contribution in [-0.2, 0) is 16.0 Å². The summed E-state index contributed by atoms with van der Waals surface area (Å²) in [5.74, 6) is -0.347. The summed E-state index contributed by atoms with van der Waals surface area (Å²) in [6.07, 6.45) is 1.44. The Labute approximate surface area is 95.0 Å². The van der Waals surface area contributed by atoms with Crippen LogP contribution in [-0.4, -0.2) is 17.2 Å². The Hall–Kier alpha value is -1.35. The Morgan fingerprint density at radius 1 is 1.44 bits per heavy atom. The Morgan fingerprint density at radius 3 is 2.94 bits per heavy atom. The first kappa shape index (κ1) is 11.1. The van der Waals surface area contributed by atoms with Crippen LogP contribution in [0.25, 0.3) is 0 Å². The first-order valence-corrected chi connectivity index (χ1v) is 5.61. The molecule has 1 aliphatic rings. The van der Waals surface area contributed by atoms with Crippen LogP contribution in [0.15, 0.2) is 24.3 Å². The van der Waals surface area contributed by atoms with Crippen molar-refractivity contribution < 1.29 is 14.6 Å². The highest BCUT2D eigenvalue weighted by atomic mass is 16.6. The maximum atomic E-state index is 11.0. The van der Waals surface area contributed by atoms with Gasteiger partial charge in [0.15, 0.2) is 6.10 Å². The number of esters is 1. The van der Waals surface area contributed by atoms with Crippen LogP contribution in [0, 0.1) is 0 Å². The standard InChI is InChI=1S/C13H16O3/c1-9(14)16-13-11-7-3-2-5-10(11)6-4-8-12(13)15/h2-3,5,7,12-13,15H,4,6,8H2,1H3/t12-,13-/m0/s1. The van der Waals surface area contributed by atoms with Crippen molar-refractivity contribution in [1.82, 2.24) is 0 Å². The first-order valence-electron chi connectivity index (χ1n) is 5.61. The van der Waals surface area contributed by atoms with E-state index in [9.17, 15) is 9.90 Å². The number of ether oxygens (including phenoxy) is 1. The van der Waals surface area contributed by atoms with Gasteiger partial charge in [-0.1, -0.05) is 24.3 Å². The Bertz CT molecular complexity index is 387. The lowest BCUT2D eigenvalue weighted by Crippen LogP contribution is -2.22. The van der Waals surface area contributed by atoms with Gasteiger partial charge in [-0.3, -0.25) is 4.79 Å². The largest absolute Gasteiger partial charge is 0.455 e. The van der Waals surface area contributed by atoms with Crippen LogP contribution in [0.5, 0.6) is 0 Å². The second kappa shape index (κ2) is 4.66. The fourth-order valence-corrected chi connectivity index (χ4v) is 2.22. The fraction of sp³-hybridized carbons (Fsp3) is 0.462. The van der Waals surface area contributed by atoms with Crippen LogP contribution >= 0.6 is 0 Å². The normalized spacial score (nSPS) is 24.4. The second-order valence-corrected chi connectivity index (χ2v) is 4.19. The second-order valence-electron chi connectivity index (χ2n) is 4.19. The molecule has 1 aromatic carbocycles. The third kappa shape index (κ3) is 2.25. The summed E-state index contributed by atoms with van der Waals surface area (Å²) >= 11 is 0. The van der Waals surface area contributed by atoms with Crippen molar-refractivity contribution in [3.63, 3.8) is 0 Å². The van der Waals surface area contributed by atoms with E-state index in [1.165, 1.54) is 12.5 Å². The SMILES string of the molecule is CC(=O)O[C@H]1c2ccccc2CCC[C@@H]1O. The summed E-state index contributed by atoms with van der Waals surface area (Å²) in [6.45, 7) is 1.38. The molecule has 0 aromatic heterocycles. The van der Waals surface area contributed by atoms with Crippen molar-refractivity contribution in [1.29, 1.82) is 0 Å². The Kier molecular flexibility index (Phi) is 3.25. The molecule has 2 atom stereocenters. The molecule has 86 valence electrons. The predicted molar refractivity (Wildman–Crippen MR) is 59.9 cm³/mol. The highest BCUT2D eigenvalue weighted by molar-refractivity contribution is 5.66. The van der Waals surface area contributed by atoms with E-state index in [-0.39, 0.29) is 5.97 Å². The van der Waals surface area contributed by atoms with Crippen molar-refractivity contribution >= 4 is 5.97 Å². The van der Waals surface area contributed by atoms with Crippen LogP contribution in [0.2, 0.25) is 0 Å².